The number of rotatable bonds is 15. The van der Waals surface area contributed by atoms with Gasteiger partial charge in [0.2, 0.25) is 5.95 Å². The lowest BCUT2D eigenvalue weighted by molar-refractivity contribution is 0.195. The quantitative estimate of drug-likeness (QED) is 0.0540. The maximum atomic E-state index is 12.5. The fraction of sp³-hybridized carbons (Fsp3) is 0.415. The highest BCUT2D eigenvalue weighted by Gasteiger charge is 2.18. The number of hydrogen-bond acceptors (Lipinski definition) is 10. The number of unbranched alkanes of at least 4 members (excludes halogenated alkanes) is 1. The van der Waals surface area contributed by atoms with E-state index in [1.54, 1.807) is 60.4 Å². The van der Waals surface area contributed by atoms with Gasteiger partial charge in [-0.2, -0.15) is 4.98 Å². The molecule has 53 heavy (non-hydrogen) atoms. The van der Waals surface area contributed by atoms with Crippen molar-refractivity contribution < 1.29 is 9.47 Å². The maximum Gasteiger partial charge on any atom is 0.278 e. The van der Waals surface area contributed by atoms with Gasteiger partial charge in [0.25, 0.3) is 5.56 Å². The number of fused-ring (bicyclic) bond motifs is 1. The Hall–Kier alpha value is -5.20. The highest BCUT2D eigenvalue weighted by Crippen LogP contribution is 2.26. The van der Waals surface area contributed by atoms with Gasteiger partial charge in [-0.3, -0.25) is 19.9 Å². The normalized spacial score (nSPS) is 13.1. The molecule has 3 heterocycles. The summed E-state index contributed by atoms with van der Waals surface area (Å²) in [5.74, 6) is 1.26. The zero-order chi connectivity index (χ0) is 39.4. The lowest BCUT2D eigenvalue weighted by atomic mass is 10.1. The third-order valence-electron chi connectivity index (χ3n) is 7.78. The van der Waals surface area contributed by atoms with Crippen molar-refractivity contribution in [3.05, 3.63) is 115 Å². The molecule has 1 aliphatic heterocycles. The number of methoxy groups -OCH3 is 1. The Morgan fingerprint density at radius 3 is 2.34 bits per heavy atom. The summed E-state index contributed by atoms with van der Waals surface area (Å²) in [5, 5.41) is 5.99. The summed E-state index contributed by atoms with van der Waals surface area (Å²) >= 11 is 0. The standard InChI is InChI=1S/C21H28N8O.C12H18O2.C4H7N.C4H10/c1-5-8-29-20(30)17-14-23-21(25-19(17)26(29)4)24-16-6-7-18(15(2)13-16)27-9-11-28(22-3)12-10-27;1-4-8-12(13-3)9-6-7-11-14-10-5-2;1-3-4-5-2;1-3-4-2/h5-7,13-14,22H,1,8-12H2,2-4H3,(H,23,24,25);4-6,8-10H,1,7,11H2,2-3H3;3-4H,1H2,2H3;3-4H2,1-2H3/b;9-6-,10-5+,12-8+;;. The predicted molar refractivity (Wildman–Crippen MR) is 225 cm³/mol. The third-order valence-corrected chi connectivity index (χ3v) is 7.78. The van der Waals surface area contributed by atoms with Crippen molar-refractivity contribution in [1.82, 2.24) is 29.8 Å². The van der Waals surface area contributed by atoms with Crippen LogP contribution in [0.25, 0.3) is 11.0 Å². The van der Waals surface area contributed by atoms with Crippen molar-refractivity contribution in [2.24, 2.45) is 12.0 Å². The van der Waals surface area contributed by atoms with Gasteiger partial charge in [0.1, 0.15) is 11.1 Å². The van der Waals surface area contributed by atoms with E-state index < -0.39 is 0 Å². The first-order valence-corrected chi connectivity index (χ1v) is 18.1. The molecule has 12 heteroatoms. The van der Waals surface area contributed by atoms with Gasteiger partial charge in [0.15, 0.2) is 5.65 Å². The van der Waals surface area contributed by atoms with Crippen molar-refractivity contribution in [2.45, 2.75) is 53.5 Å². The van der Waals surface area contributed by atoms with Crippen LogP contribution in [0.1, 0.15) is 45.6 Å². The van der Waals surface area contributed by atoms with E-state index >= 15 is 0 Å². The molecule has 0 atom stereocenters. The van der Waals surface area contributed by atoms with Gasteiger partial charge in [-0.05, 0) is 63.2 Å². The molecule has 2 aromatic heterocycles. The Labute approximate surface area is 317 Å². The van der Waals surface area contributed by atoms with Crippen LogP contribution in [0.15, 0.2) is 108 Å². The largest absolute Gasteiger partial charge is 0.501 e. The second-order valence-electron chi connectivity index (χ2n) is 11.6. The summed E-state index contributed by atoms with van der Waals surface area (Å²) in [6.07, 6.45) is 21.0. The minimum absolute atomic E-state index is 0.113. The molecular weight excluding hydrogens is 667 g/mol. The van der Waals surface area contributed by atoms with Crippen molar-refractivity contribution in [3.63, 3.8) is 0 Å². The number of aryl methyl sites for hydroxylation is 2. The number of aliphatic imine (C=N–C) groups is 1. The Balaban J connectivity index is 0.000000507. The van der Waals surface area contributed by atoms with Crippen LogP contribution in [0.3, 0.4) is 0 Å². The second-order valence-corrected chi connectivity index (χ2v) is 11.6. The number of anilines is 3. The molecule has 1 aliphatic rings. The molecule has 12 nitrogen and oxygen atoms in total. The fourth-order valence-electron chi connectivity index (χ4n) is 4.85. The van der Waals surface area contributed by atoms with E-state index in [1.165, 1.54) is 24.1 Å². The summed E-state index contributed by atoms with van der Waals surface area (Å²) in [6.45, 7) is 24.2. The van der Waals surface area contributed by atoms with Crippen molar-refractivity contribution in [1.29, 1.82) is 0 Å². The first-order chi connectivity index (χ1) is 25.7. The van der Waals surface area contributed by atoms with Crippen LogP contribution in [0.5, 0.6) is 0 Å². The van der Waals surface area contributed by atoms with Crippen LogP contribution in [0.2, 0.25) is 0 Å². The summed E-state index contributed by atoms with van der Waals surface area (Å²) < 4.78 is 13.5. The van der Waals surface area contributed by atoms with E-state index in [9.17, 15) is 4.79 Å². The summed E-state index contributed by atoms with van der Waals surface area (Å²) in [6, 6.07) is 6.29. The van der Waals surface area contributed by atoms with Crippen molar-refractivity contribution >= 4 is 34.6 Å². The number of hydrogen-bond donors (Lipinski definition) is 2. The summed E-state index contributed by atoms with van der Waals surface area (Å²) in [7, 11) is 7.13. The Morgan fingerprint density at radius 2 is 1.81 bits per heavy atom. The first-order valence-electron chi connectivity index (χ1n) is 18.1. The van der Waals surface area contributed by atoms with Crippen LogP contribution in [-0.2, 0) is 23.1 Å². The molecule has 0 radical (unpaired) electrons. The molecule has 1 aromatic carbocycles. The molecule has 0 saturated carbocycles. The first kappa shape index (κ1) is 45.8. The molecule has 3 aromatic rings. The topological polar surface area (TPSA) is 114 Å². The van der Waals surface area contributed by atoms with Gasteiger partial charge < -0.3 is 19.7 Å². The molecule has 1 fully saturated rings. The van der Waals surface area contributed by atoms with Gasteiger partial charge in [0.05, 0.1) is 26.5 Å². The highest BCUT2D eigenvalue weighted by atomic mass is 16.5. The number of ether oxygens (including phenoxy) is 2. The number of piperazine rings is 1. The molecule has 290 valence electrons. The minimum atomic E-state index is -0.113. The molecule has 0 bridgehead atoms. The van der Waals surface area contributed by atoms with Gasteiger partial charge in [0, 0.05) is 64.1 Å². The number of nitrogens with one attached hydrogen (secondary N) is 2. The van der Waals surface area contributed by atoms with Crippen LogP contribution < -0.4 is 21.2 Å². The Bertz CT molecular complexity index is 1690. The summed E-state index contributed by atoms with van der Waals surface area (Å²) in [5.41, 5.74) is 7.05. The van der Waals surface area contributed by atoms with Crippen LogP contribution in [-0.4, -0.2) is 84.5 Å². The molecule has 2 N–H and O–H groups in total. The molecular formula is C41H63N9O3. The van der Waals surface area contributed by atoms with Crippen LogP contribution >= 0.6 is 0 Å². The van der Waals surface area contributed by atoms with Crippen LogP contribution in [0.4, 0.5) is 17.3 Å². The summed E-state index contributed by atoms with van der Waals surface area (Å²) in [4.78, 5) is 27.4. The van der Waals surface area contributed by atoms with Gasteiger partial charge in [-0.25, -0.2) is 14.7 Å². The number of allylic oxidation sites excluding steroid dienone is 6. The predicted octanol–water partition coefficient (Wildman–Crippen LogP) is 7.50. The lowest BCUT2D eigenvalue weighted by Crippen LogP contribution is -2.51. The monoisotopic (exact) mass is 730 g/mol. The molecule has 4 rings (SSSR count). The van der Waals surface area contributed by atoms with Crippen LogP contribution in [0, 0.1) is 6.92 Å². The minimum Gasteiger partial charge on any atom is -0.501 e. The zero-order valence-corrected chi connectivity index (χ0v) is 33.3. The molecule has 1 saturated heterocycles. The number of benzene rings is 1. The molecule has 0 aliphatic carbocycles. The van der Waals surface area contributed by atoms with E-state index in [4.69, 9.17) is 9.47 Å². The van der Waals surface area contributed by atoms with Crippen molar-refractivity contribution in [3.8, 4) is 0 Å². The fourth-order valence-corrected chi connectivity index (χ4v) is 4.85. The third kappa shape index (κ3) is 16.3. The number of hydrazine groups is 1. The average molecular weight is 730 g/mol. The molecule has 0 amide bonds. The SMILES string of the molecule is C=C/C=C(\C=C/CCO/C=C/C)OC.C=CC=NC.C=CCn1c(=O)c2cnc(Nc3ccc(N4CCN(NC)CC4)c(C)c3)nc2n1C.CCCC. The van der Waals surface area contributed by atoms with Gasteiger partial charge in [-0.15, -0.1) is 6.58 Å². The van der Waals surface area contributed by atoms with E-state index in [0.717, 1.165) is 44.0 Å². The molecule has 0 unspecified atom stereocenters. The van der Waals surface area contributed by atoms with E-state index in [-0.39, 0.29) is 5.56 Å². The molecule has 0 spiro atoms. The lowest BCUT2D eigenvalue weighted by Gasteiger charge is -2.36. The number of aromatic nitrogens is 4. The number of nitrogens with zero attached hydrogens (tertiary/aromatic N) is 7. The second kappa shape index (κ2) is 27.5. The zero-order valence-electron chi connectivity index (χ0n) is 33.3. The van der Waals surface area contributed by atoms with E-state index in [0.29, 0.717) is 30.1 Å². The average Bonchev–Trinajstić information content (AvgIpc) is 3.41. The highest BCUT2D eigenvalue weighted by molar-refractivity contribution is 5.75. The maximum absolute atomic E-state index is 12.5. The smallest absolute Gasteiger partial charge is 0.278 e. The van der Waals surface area contributed by atoms with Crippen molar-refractivity contribution in [2.75, 3.05) is 64.2 Å². The van der Waals surface area contributed by atoms with Gasteiger partial charge >= 0.3 is 0 Å². The van der Waals surface area contributed by atoms with E-state index in [2.05, 4.69) is 88.3 Å². The Kier molecular flexibility index (Phi) is 23.7. The van der Waals surface area contributed by atoms with Gasteiger partial charge in [-0.1, -0.05) is 70.2 Å². The van der Waals surface area contributed by atoms with E-state index in [1.807, 2.05) is 51.4 Å². The Morgan fingerprint density at radius 1 is 1.09 bits per heavy atom.